The fraction of sp³-hybridized carbons (Fsp3) is 0. The number of hydrogen-bond acceptors (Lipinski definition) is 1. The normalized spacial score (nSPS) is 12.0. The number of aromatic nitrogens is 2. The average molecular weight is 575 g/mol. The highest BCUT2D eigenvalue weighted by Crippen LogP contribution is 2.40. The fourth-order valence-corrected chi connectivity index (χ4v) is 7.28. The quantitative estimate of drug-likeness (QED) is 0.206. The Morgan fingerprint density at radius 2 is 0.933 bits per heavy atom. The van der Waals surface area contributed by atoms with Gasteiger partial charge >= 0.3 is 0 Å². The Hall–Kier alpha value is -6.06. The minimum Gasteiger partial charge on any atom is -0.456 e. The highest BCUT2D eigenvalue weighted by atomic mass is 16.3. The van der Waals surface area contributed by atoms with Gasteiger partial charge in [0.2, 0.25) is 0 Å². The Morgan fingerprint density at radius 1 is 0.311 bits per heavy atom. The van der Waals surface area contributed by atoms with Crippen LogP contribution in [0.5, 0.6) is 0 Å². The molecular formula is C42H26N2O. The maximum atomic E-state index is 6.48. The van der Waals surface area contributed by atoms with E-state index in [1.165, 1.54) is 54.7 Å². The van der Waals surface area contributed by atoms with E-state index < -0.39 is 0 Å². The molecule has 3 heteroatoms. The van der Waals surface area contributed by atoms with Crippen molar-refractivity contribution in [1.29, 1.82) is 0 Å². The Labute approximate surface area is 258 Å². The van der Waals surface area contributed by atoms with Gasteiger partial charge < -0.3 is 13.6 Å². The van der Waals surface area contributed by atoms with Crippen LogP contribution < -0.4 is 0 Å². The van der Waals surface area contributed by atoms with Gasteiger partial charge in [-0.1, -0.05) is 91.0 Å². The molecule has 3 aromatic heterocycles. The molecule has 0 aliphatic heterocycles. The van der Waals surface area contributed by atoms with Crippen LogP contribution in [0, 0.1) is 0 Å². The summed E-state index contributed by atoms with van der Waals surface area (Å²) in [6.07, 6.45) is 0. The predicted octanol–water partition coefficient (Wildman–Crippen LogP) is 11.4. The molecule has 0 unspecified atom stereocenters. The topological polar surface area (TPSA) is 23.0 Å². The molecule has 0 spiro atoms. The molecule has 0 aliphatic carbocycles. The van der Waals surface area contributed by atoms with Crippen LogP contribution in [0.15, 0.2) is 162 Å². The molecule has 0 fully saturated rings. The number of para-hydroxylation sites is 3. The molecule has 10 aromatic rings. The first-order chi connectivity index (χ1) is 22.3. The van der Waals surface area contributed by atoms with Crippen molar-refractivity contribution in [3.8, 4) is 22.5 Å². The Kier molecular flexibility index (Phi) is 5.00. The molecule has 0 atom stereocenters. The van der Waals surface area contributed by atoms with Crippen molar-refractivity contribution in [2.75, 3.05) is 0 Å². The van der Waals surface area contributed by atoms with Gasteiger partial charge in [-0.25, -0.2) is 0 Å². The highest BCUT2D eigenvalue weighted by Gasteiger charge is 2.19. The molecule has 45 heavy (non-hydrogen) atoms. The highest BCUT2D eigenvalue weighted by molar-refractivity contribution is 6.19. The summed E-state index contributed by atoms with van der Waals surface area (Å²) in [5, 5.41) is 7.25. The van der Waals surface area contributed by atoms with E-state index >= 15 is 0 Å². The standard InChI is InChI=1S/C42H26N2O/c1-3-11-27(12-4-1)28-19-22-41-36(23-28)33-21-20-30(24-42(33)45-41)44-38-18-10-8-16-32(38)35-25-34-31-15-7-9-17-37(31)43(39(34)26-40(35)44)29-13-5-2-6-14-29/h1-26H. The van der Waals surface area contributed by atoms with E-state index in [0.29, 0.717) is 0 Å². The molecule has 0 aliphatic rings. The lowest BCUT2D eigenvalue weighted by atomic mass is 10.0. The van der Waals surface area contributed by atoms with Crippen molar-refractivity contribution in [3.05, 3.63) is 158 Å². The molecule has 3 heterocycles. The summed E-state index contributed by atoms with van der Waals surface area (Å²) >= 11 is 0. The van der Waals surface area contributed by atoms with E-state index in [-0.39, 0.29) is 0 Å². The van der Waals surface area contributed by atoms with Gasteiger partial charge in [0.1, 0.15) is 11.2 Å². The van der Waals surface area contributed by atoms with E-state index in [1.807, 2.05) is 0 Å². The van der Waals surface area contributed by atoms with E-state index in [1.54, 1.807) is 0 Å². The molecule has 7 aromatic carbocycles. The molecule has 0 bridgehead atoms. The zero-order valence-corrected chi connectivity index (χ0v) is 24.3. The zero-order valence-electron chi connectivity index (χ0n) is 24.3. The Morgan fingerprint density at radius 3 is 1.64 bits per heavy atom. The van der Waals surface area contributed by atoms with Crippen molar-refractivity contribution in [2.45, 2.75) is 0 Å². The van der Waals surface area contributed by atoms with Crippen molar-refractivity contribution >= 4 is 65.6 Å². The fourth-order valence-electron chi connectivity index (χ4n) is 7.28. The van der Waals surface area contributed by atoms with Crippen LogP contribution in [0.25, 0.3) is 88.1 Å². The second-order valence-electron chi connectivity index (χ2n) is 11.8. The summed E-state index contributed by atoms with van der Waals surface area (Å²) in [5.41, 5.74) is 11.2. The van der Waals surface area contributed by atoms with Gasteiger partial charge in [0.05, 0.1) is 22.1 Å². The predicted molar refractivity (Wildman–Crippen MR) is 188 cm³/mol. The average Bonchev–Trinajstić information content (AvgIpc) is 3.74. The monoisotopic (exact) mass is 574 g/mol. The first-order valence-corrected chi connectivity index (χ1v) is 15.4. The number of furan rings is 1. The molecule has 0 N–H and O–H groups in total. The summed E-state index contributed by atoms with van der Waals surface area (Å²) < 4.78 is 11.3. The number of rotatable bonds is 3. The summed E-state index contributed by atoms with van der Waals surface area (Å²) in [7, 11) is 0. The Balaban J connectivity index is 1.25. The van der Waals surface area contributed by atoms with Crippen molar-refractivity contribution in [1.82, 2.24) is 9.13 Å². The number of fused-ring (bicyclic) bond motifs is 9. The largest absolute Gasteiger partial charge is 0.456 e. The summed E-state index contributed by atoms with van der Waals surface area (Å²) in [6.45, 7) is 0. The smallest absolute Gasteiger partial charge is 0.137 e. The second-order valence-corrected chi connectivity index (χ2v) is 11.8. The summed E-state index contributed by atoms with van der Waals surface area (Å²) in [6, 6.07) is 56.5. The van der Waals surface area contributed by atoms with E-state index in [0.717, 1.165) is 33.3 Å². The van der Waals surface area contributed by atoms with Gasteiger partial charge in [0.15, 0.2) is 0 Å². The molecule has 10 rings (SSSR count). The van der Waals surface area contributed by atoms with Crippen LogP contribution in [-0.2, 0) is 0 Å². The van der Waals surface area contributed by atoms with Crippen LogP contribution in [0.2, 0.25) is 0 Å². The van der Waals surface area contributed by atoms with Crippen molar-refractivity contribution in [3.63, 3.8) is 0 Å². The van der Waals surface area contributed by atoms with Crippen LogP contribution in [0.4, 0.5) is 0 Å². The maximum Gasteiger partial charge on any atom is 0.137 e. The minimum absolute atomic E-state index is 0.887. The number of benzene rings is 7. The van der Waals surface area contributed by atoms with E-state index in [2.05, 4.69) is 167 Å². The van der Waals surface area contributed by atoms with Crippen molar-refractivity contribution < 1.29 is 4.42 Å². The van der Waals surface area contributed by atoms with Gasteiger partial charge in [-0.05, 0) is 71.8 Å². The maximum absolute atomic E-state index is 6.48. The minimum atomic E-state index is 0.887. The molecule has 0 radical (unpaired) electrons. The van der Waals surface area contributed by atoms with Crippen molar-refractivity contribution in [2.24, 2.45) is 0 Å². The lowest BCUT2D eigenvalue weighted by molar-refractivity contribution is 0.668. The van der Waals surface area contributed by atoms with Gasteiger partial charge in [-0.2, -0.15) is 0 Å². The zero-order chi connectivity index (χ0) is 29.5. The van der Waals surface area contributed by atoms with E-state index in [9.17, 15) is 0 Å². The lowest BCUT2D eigenvalue weighted by Gasteiger charge is -2.10. The van der Waals surface area contributed by atoms with E-state index in [4.69, 9.17) is 4.42 Å². The SMILES string of the molecule is c1ccc(-c2ccc3oc4cc(-n5c6ccccc6c6cc7c8ccccc8n(-c8ccccc8)c7cc65)ccc4c3c2)cc1. The lowest BCUT2D eigenvalue weighted by Crippen LogP contribution is -1.95. The Bertz CT molecular complexity index is 2740. The molecule has 0 saturated carbocycles. The van der Waals surface area contributed by atoms with Gasteiger partial charge in [0.25, 0.3) is 0 Å². The van der Waals surface area contributed by atoms with Crippen LogP contribution in [0.1, 0.15) is 0 Å². The van der Waals surface area contributed by atoms with Gasteiger partial charge in [-0.15, -0.1) is 0 Å². The summed E-state index contributed by atoms with van der Waals surface area (Å²) in [4.78, 5) is 0. The third kappa shape index (κ3) is 3.52. The first kappa shape index (κ1) is 24.4. The molecule has 3 nitrogen and oxygen atoms in total. The molecule has 0 amide bonds. The van der Waals surface area contributed by atoms with Crippen LogP contribution in [0.3, 0.4) is 0 Å². The van der Waals surface area contributed by atoms with Crippen LogP contribution >= 0.6 is 0 Å². The number of hydrogen-bond donors (Lipinski definition) is 0. The third-order valence-electron chi connectivity index (χ3n) is 9.30. The number of nitrogens with zero attached hydrogens (tertiary/aromatic N) is 2. The molecule has 210 valence electrons. The van der Waals surface area contributed by atoms with Gasteiger partial charge in [-0.3, -0.25) is 0 Å². The molecular weight excluding hydrogens is 548 g/mol. The van der Waals surface area contributed by atoms with Crippen LogP contribution in [-0.4, -0.2) is 9.13 Å². The summed E-state index contributed by atoms with van der Waals surface area (Å²) in [5.74, 6) is 0. The van der Waals surface area contributed by atoms with Gasteiger partial charge in [0, 0.05) is 49.8 Å². The first-order valence-electron chi connectivity index (χ1n) is 15.4. The molecule has 0 saturated heterocycles. The third-order valence-corrected chi connectivity index (χ3v) is 9.30. The second kappa shape index (κ2) is 9.22.